The Balaban J connectivity index is 1.72. The number of aliphatic carboxylic acids is 1. The average Bonchev–Trinajstić information content (AvgIpc) is 3.22. The van der Waals surface area contributed by atoms with Crippen molar-refractivity contribution in [2.24, 2.45) is 0 Å². The highest BCUT2D eigenvalue weighted by Crippen LogP contribution is 2.34. The molecule has 10 heteroatoms. The molecule has 0 spiro atoms. The Morgan fingerprint density at radius 1 is 1.29 bits per heavy atom. The van der Waals surface area contributed by atoms with Gasteiger partial charge in [0, 0.05) is 36.7 Å². The first-order valence-electron chi connectivity index (χ1n) is 8.17. The number of nitro benzene ring substituents is 1. The van der Waals surface area contributed by atoms with E-state index in [9.17, 15) is 19.7 Å². The summed E-state index contributed by atoms with van der Waals surface area (Å²) < 4.78 is 6.09. The number of nitrogens with zero attached hydrogens (tertiary/aromatic N) is 2. The molecule has 1 amide bonds. The largest absolute Gasteiger partial charge is 0.481 e. The summed E-state index contributed by atoms with van der Waals surface area (Å²) >= 11 is 6.33. The van der Waals surface area contributed by atoms with Gasteiger partial charge in [-0.1, -0.05) is 24.0 Å². The monoisotopic (exact) mass is 418 g/mol. The van der Waals surface area contributed by atoms with Crippen molar-refractivity contribution < 1.29 is 24.0 Å². The van der Waals surface area contributed by atoms with Gasteiger partial charge in [0.1, 0.15) is 15.8 Å². The van der Waals surface area contributed by atoms with Gasteiger partial charge >= 0.3 is 5.97 Å². The lowest BCUT2D eigenvalue weighted by Gasteiger charge is -2.13. The van der Waals surface area contributed by atoms with Gasteiger partial charge in [0.2, 0.25) is 0 Å². The number of hydrogen-bond acceptors (Lipinski definition) is 7. The fourth-order valence-electron chi connectivity index (χ4n) is 2.54. The number of thioether (sulfide) groups is 1. The number of non-ortho nitro benzene ring substituents is 1. The molecule has 1 fully saturated rings. The van der Waals surface area contributed by atoms with E-state index in [1.165, 1.54) is 17.0 Å². The van der Waals surface area contributed by atoms with Crippen LogP contribution in [-0.2, 0) is 9.59 Å². The van der Waals surface area contributed by atoms with Crippen LogP contribution in [0.2, 0.25) is 0 Å². The molecule has 0 radical (unpaired) electrons. The Hall–Kier alpha value is -2.98. The third kappa shape index (κ3) is 4.46. The number of carbonyl (C=O) groups is 2. The number of hydrogen-bond donors (Lipinski definition) is 1. The number of nitro groups is 1. The lowest BCUT2D eigenvalue weighted by molar-refractivity contribution is -0.384. The van der Waals surface area contributed by atoms with Gasteiger partial charge < -0.3 is 9.52 Å². The molecule has 1 aliphatic rings. The molecule has 1 N–H and O–H groups in total. The topological polar surface area (TPSA) is 114 Å². The van der Waals surface area contributed by atoms with Crippen molar-refractivity contribution in [3.63, 3.8) is 0 Å². The maximum Gasteiger partial charge on any atom is 0.303 e. The maximum absolute atomic E-state index is 12.5. The summed E-state index contributed by atoms with van der Waals surface area (Å²) in [7, 11) is 0. The summed E-state index contributed by atoms with van der Waals surface area (Å²) in [5.74, 6) is -0.249. The zero-order valence-electron chi connectivity index (χ0n) is 14.4. The number of furan rings is 1. The van der Waals surface area contributed by atoms with Crippen molar-refractivity contribution in [3.8, 4) is 11.3 Å². The summed E-state index contributed by atoms with van der Waals surface area (Å²) in [6, 6.07) is 9.35. The average molecular weight is 418 g/mol. The van der Waals surface area contributed by atoms with Crippen LogP contribution in [0.5, 0.6) is 0 Å². The van der Waals surface area contributed by atoms with Crippen LogP contribution >= 0.6 is 24.0 Å². The first-order chi connectivity index (χ1) is 13.3. The maximum atomic E-state index is 12.5. The molecule has 3 rings (SSSR count). The second-order valence-electron chi connectivity index (χ2n) is 5.84. The van der Waals surface area contributed by atoms with Crippen LogP contribution in [0, 0.1) is 10.1 Å². The van der Waals surface area contributed by atoms with E-state index in [-0.39, 0.29) is 24.6 Å². The fraction of sp³-hybridized carbons (Fsp3) is 0.167. The molecule has 2 aromatic rings. The number of benzene rings is 1. The van der Waals surface area contributed by atoms with Crippen LogP contribution in [0.4, 0.5) is 5.69 Å². The van der Waals surface area contributed by atoms with Gasteiger partial charge in [0.25, 0.3) is 11.6 Å². The highest BCUT2D eigenvalue weighted by atomic mass is 32.2. The minimum atomic E-state index is -0.921. The van der Waals surface area contributed by atoms with E-state index >= 15 is 0 Å². The van der Waals surface area contributed by atoms with Gasteiger partial charge in [-0.3, -0.25) is 24.6 Å². The van der Waals surface area contributed by atoms with E-state index in [4.69, 9.17) is 21.7 Å². The molecule has 0 atom stereocenters. The van der Waals surface area contributed by atoms with Gasteiger partial charge in [-0.05, 0) is 30.7 Å². The normalized spacial score (nSPS) is 15.4. The molecular formula is C18H14N2O6S2. The van der Waals surface area contributed by atoms with E-state index in [1.54, 1.807) is 30.3 Å². The Bertz CT molecular complexity index is 980. The molecular weight excluding hydrogens is 404 g/mol. The molecule has 0 aliphatic carbocycles. The Morgan fingerprint density at radius 2 is 2.00 bits per heavy atom. The predicted octanol–water partition coefficient (Wildman–Crippen LogP) is 3.92. The van der Waals surface area contributed by atoms with Gasteiger partial charge in [-0.25, -0.2) is 0 Å². The van der Waals surface area contributed by atoms with Crippen LogP contribution < -0.4 is 0 Å². The molecule has 1 aromatic carbocycles. The van der Waals surface area contributed by atoms with Crippen molar-refractivity contribution in [2.45, 2.75) is 12.8 Å². The van der Waals surface area contributed by atoms with Crippen LogP contribution in [0.3, 0.4) is 0 Å². The zero-order valence-corrected chi connectivity index (χ0v) is 16.0. The van der Waals surface area contributed by atoms with Gasteiger partial charge in [0.15, 0.2) is 0 Å². The van der Waals surface area contributed by atoms with Crippen LogP contribution in [-0.4, -0.2) is 37.7 Å². The third-order valence-corrected chi connectivity index (χ3v) is 5.29. The molecule has 1 saturated heterocycles. The predicted molar refractivity (Wildman–Crippen MR) is 108 cm³/mol. The van der Waals surface area contributed by atoms with E-state index in [1.807, 2.05) is 0 Å². The summed E-state index contributed by atoms with van der Waals surface area (Å²) in [5, 5.41) is 19.4. The summed E-state index contributed by atoms with van der Waals surface area (Å²) in [6.45, 7) is 0.251. The SMILES string of the molecule is O=C(O)CCCN1C(=O)/C(=C\c2ccc(-c3ccc([N+](=O)[O-])cc3)o2)SC1=S. The Labute approximate surface area is 169 Å². The highest BCUT2D eigenvalue weighted by Gasteiger charge is 2.31. The fourth-order valence-corrected chi connectivity index (χ4v) is 3.83. The number of rotatable bonds is 7. The quantitative estimate of drug-likeness (QED) is 0.311. The summed E-state index contributed by atoms with van der Waals surface area (Å²) in [4.78, 5) is 35.1. The molecule has 0 saturated carbocycles. The second kappa shape index (κ2) is 8.36. The van der Waals surface area contributed by atoms with E-state index in [0.29, 0.717) is 32.7 Å². The molecule has 8 nitrogen and oxygen atoms in total. The number of amides is 1. The highest BCUT2D eigenvalue weighted by molar-refractivity contribution is 8.26. The molecule has 1 aliphatic heterocycles. The Morgan fingerprint density at radius 3 is 2.64 bits per heavy atom. The first-order valence-corrected chi connectivity index (χ1v) is 9.39. The van der Waals surface area contributed by atoms with Crippen molar-refractivity contribution in [1.82, 2.24) is 4.90 Å². The number of carboxylic acids is 1. The van der Waals surface area contributed by atoms with Crippen molar-refractivity contribution >= 4 is 51.9 Å². The molecule has 1 aromatic heterocycles. The lowest BCUT2D eigenvalue weighted by atomic mass is 10.1. The minimum absolute atomic E-state index is 0.0119. The summed E-state index contributed by atoms with van der Waals surface area (Å²) in [5.41, 5.74) is 0.661. The molecule has 2 heterocycles. The first kappa shape index (κ1) is 19.8. The number of thiocarbonyl (C=S) groups is 1. The second-order valence-corrected chi connectivity index (χ2v) is 7.51. The Kier molecular flexibility index (Phi) is 5.90. The van der Waals surface area contributed by atoms with Crippen LogP contribution in [0.1, 0.15) is 18.6 Å². The van der Waals surface area contributed by atoms with Crippen molar-refractivity contribution in [2.75, 3.05) is 6.54 Å². The smallest absolute Gasteiger partial charge is 0.303 e. The molecule has 144 valence electrons. The lowest BCUT2D eigenvalue weighted by Crippen LogP contribution is -2.29. The number of carboxylic acid groups (broad SMARTS) is 1. The standard InChI is InChI=1S/C18H14N2O6S2/c21-16(22)2-1-9-19-17(23)15(28-18(19)27)10-13-7-8-14(26-13)11-3-5-12(6-4-11)20(24)25/h3-8,10H,1-2,9H2,(H,21,22)/b15-10+. The van der Waals surface area contributed by atoms with Gasteiger partial charge in [0.05, 0.1) is 9.83 Å². The molecule has 28 heavy (non-hydrogen) atoms. The summed E-state index contributed by atoms with van der Waals surface area (Å²) in [6.07, 6.45) is 1.86. The van der Waals surface area contributed by atoms with Crippen molar-refractivity contribution in [3.05, 3.63) is 57.2 Å². The molecule has 0 unspecified atom stereocenters. The number of carbonyl (C=O) groups excluding carboxylic acids is 1. The van der Waals surface area contributed by atoms with Crippen LogP contribution in [0.25, 0.3) is 17.4 Å². The third-order valence-electron chi connectivity index (χ3n) is 3.91. The van der Waals surface area contributed by atoms with Crippen LogP contribution in [0.15, 0.2) is 45.7 Å². The minimum Gasteiger partial charge on any atom is -0.481 e. The van der Waals surface area contributed by atoms with E-state index < -0.39 is 10.9 Å². The van der Waals surface area contributed by atoms with E-state index in [0.717, 1.165) is 11.8 Å². The van der Waals surface area contributed by atoms with Crippen molar-refractivity contribution in [1.29, 1.82) is 0 Å². The van der Waals surface area contributed by atoms with E-state index in [2.05, 4.69) is 0 Å². The van der Waals surface area contributed by atoms with Gasteiger partial charge in [-0.15, -0.1) is 0 Å². The zero-order chi connectivity index (χ0) is 20.3. The molecule has 0 bridgehead atoms. The van der Waals surface area contributed by atoms with Gasteiger partial charge in [-0.2, -0.15) is 0 Å².